The van der Waals surface area contributed by atoms with E-state index in [1.54, 1.807) is 18.3 Å². The van der Waals surface area contributed by atoms with E-state index in [0.717, 1.165) is 27.9 Å². The van der Waals surface area contributed by atoms with Crippen LogP contribution in [0.5, 0.6) is 5.75 Å². The lowest BCUT2D eigenvalue weighted by molar-refractivity contribution is -0.124. The molecule has 0 saturated carbocycles. The first-order valence-corrected chi connectivity index (χ1v) is 11.1. The van der Waals surface area contributed by atoms with Gasteiger partial charge in [0.1, 0.15) is 17.1 Å². The zero-order valence-corrected chi connectivity index (χ0v) is 18.8. The maximum atomic E-state index is 12.6. The first-order valence-electron chi connectivity index (χ1n) is 11.1. The fraction of sp³-hybridized carbons (Fsp3) is 0.192. The fourth-order valence-corrected chi connectivity index (χ4v) is 3.54. The molecule has 0 unspecified atom stereocenters. The Bertz CT molecular complexity index is 1270. The quantitative estimate of drug-likeness (QED) is 0.307. The summed E-state index contributed by atoms with van der Waals surface area (Å²) in [4.78, 5) is 32.2. The molecule has 4 aromatic rings. The standard InChI is InChI=1S/C26H26N4O4/c1-2-33-20-11-9-19(10-12-20)30-25-22(7-5-14-28-25)26(32)34-17-24(31)27-15-13-18-16-29-23-8-4-3-6-21(18)23/h3-12,14,16,29H,2,13,15,17H2,1H3,(H,27,31)(H,28,30). The number of benzene rings is 2. The van der Waals surface area contributed by atoms with Crippen molar-refractivity contribution in [2.24, 2.45) is 0 Å². The molecule has 0 fully saturated rings. The third kappa shape index (κ3) is 5.72. The van der Waals surface area contributed by atoms with Crippen molar-refractivity contribution in [1.29, 1.82) is 0 Å². The number of amides is 1. The molecule has 0 aliphatic heterocycles. The summed E-state index contributed by atoms with van der Waals surface area (Å²) >= 11 is 0. The number of nitrogens with zero attached hydrogens (tertiary/aromatic N) is 1. The van der Waals surface area contributed by atoms with E-state index in [1.165, 1.54) is 0 Å². The number of fused-ring (bicyclic) bond motifs is 1. The number of aromatic nitrogens is 2. The maximum absolute atomic E-state index is 12.6. The van der Waals surface area contributed by atoms with Crippen molar-refractivity contribution in [3.05, 3.63) is 84.2 Å². The minimum absolute atomic E-state index is 0.239. The van der Waals surface area contributed by atoms with Crippen molar-refractivity contribution in [3.63, 3.8) is 0 Å². The molecule has 2 aromatic carbocycles. The molecule has 8 nitrogen and oxygen atoms in total. The molecule has 2 heterocycles. The largest absolute Gasteiger partial charge is 0.494 e. The number of anilines is 2. The highest BCUT2D eigenvalue weighted by Gasteiger charge is 2.16. The summed E-state index contributed by atoms with van der Waals surface area (Å²) in [5.41, 5.74) is 3.16. The molecular formula is C26H26N4O4. The van der Waals surface area contributed by atoms with Crippen LogP contribution in [0, 0.1) is 0 Å². The molecule has 0 spiro atoms. The van der Waals surface area contributed by atoms with Gasteiger partial charge in [0.15, 0.2) is 6.61 Å². The van der Waals surface area contributed by atoms with Crippen molar-refractivity contribution < 1.29 is 19.1 Å². The van der Waals surface area contributed by atoms with Gasteiger partial charge in [-0.05, 0) is 61.4 Å². The minimum atomic E-state index is -0.631. The van der Waals surface area contributed by atoms with Crippen LogP contribution in [0.1, 0.15) is 22.8 Å². The molecule has 0 atom stereocenters. The minimum Gasteiger partial charge on any atom is -0.494 e. The van der Waals surface area contributed by atoms with Crippen molar-refractivity contribution in [2.45, 2.75) is 13.3 Å². The molecule has 0 aliphatic rings. The van der Waals surface area contributed by atoms with E-state index < -0.39 is 5.97 Å². The molecule has 2 aromatic heterocycles. The van der Waals surface area contributed by atoms with Crippen LogP contribution in [0.3, 0.4) is 0 Å². The first-order chi connectivity index (χ1) is 16.6. The summed E-state index contributed by atoms with van der Waals surface area (Å²) < 4.78 is 10.7. The third-order valence-corrected chi connectivity index (χ3v) is 5.18. The van der Waals surface area contributed by atoms with Gasteiger partial charge in [0.2, 0.25) is 0 Å². The Morgan fingerprint density at radius 3 is 2.68 bits per heavy atom. The molecule has 0 saturated heterocycles. The summed E-state index contributed by atoms with van der Waals surface area (Å²) in [7, 11) is 0. The van der Waals surface area contributed by atoms with E-state index in [4.69, 9.17) is 9.47 Å². The monoisotopic (exact) mass is 458 g/mol. The van der Waals surface area contributed by atoms with Gasteiger partial charge >= 0.3 is 5.97 Å². The Labute approximate surface area is 197 Å². The second kappa shape index (κ2) is 11.0. The van der Waals surface area contributed by atoms with Gasteiger partial charge in [-0.2, -0.15) is 0 Å². The average Bonchev–Trinajstić information content (AvgIpc) is 3.27. The molecule has 174 valence electrons. The van der Waals surface area contributed by atoms with Gasteiger partial charge in [0, 0.05) is 35.5 Å². The van der Waals surface area contributed by atoms with Crippen molar-refractivity contribution >= 4 is 34.3 Å². The van der Waals surface area contributed by atoms with E-state index in [9.17, 15) is 9.59 Å². The molecule has 3 N–H and O–H groups in total. The molecule has 4 rings (SSSR count). The van der Waals surface area contributed by atoms with Crippen LogP contribution in [0.2, 0.25) is 0 Å². The molecular weight excluding hydrogens is 432 g/mol. The van der Waals surface area contributed by atoms with Gasteiger partial charge in [-0.1, -0.05) is 18.2 Å². The lowest BCUT2D eigenvalue weighted by Gasteiger charge is -2.11. The normalized spacial score (nSPS) is 10.6. The van der Waals surface area contributed by atoms with Gasteiger partial charge in [-0.25, -0.2) is 9.78 Å². The predicted molar refractivity (Wildman–Crippen MR) is 130 cm³/mol. The Hall–Kier alpha value is -4.33. The molecule has 0 aliphatic carbocycles. The predicted octanol–water partition coefficient (Wildman–Crippen LogP) is 4.22. The molecule has 0 bridgehead atoms. The number of H-pyrrole nitrogens is 1. The smallest absolute Gasteiger partial charge is 0.342 e. The Morgan fingerprint density at radius 2 is 1.85 bits per heavy atom. The number of carbonyl (C=O) groups excluding carboxylic acids is 2. The van der Waals surface area contributed by atoms with Gasteiger partial charge < -0.3 is 25.1 Å². The van der Waals surface area contributed by atoms with Crippen LogP contribution in [-0.2, 0) is 16.0 Å². The number of para-hydroxylation sites is 1. The van der Waals surface area contributed by atoms with Crippen molar-refractivity contribution in [3.8, 4) is 5.75 Å². The van der Waals surface area contributed by atoms with Crippen molar-refractivity contribution in [1.82, 2.24) is 15.3 Å². The average molecular weight is 459 g/mol. The molecule has 8 heteroatoms. The third-order valence-electron chi connectivity index (χ3n) is 5.18. The number of nitrogens with one attached hydrogen (secondary N) is 3. The van der Waals surface area contributed by atoms with Crippen LogP contribution < -0.4 is 15.4 Å². The van der Waals surface area contributed by atoms with Crippen molar-refractivity contribution in [2.75, 3.05) is 25.1 Å². The van der Waals surface area contributed by atoms with Crippen LogP contribution in [0.15, 0.2) is 73.1 Å². The lowest BCUT2D eigenvalue weighted by atomic mass is 10.1. The second-order valence-corrected chi connectivity index (χ2v) is 7.52. The van der Waals surface area contributed by atoms with Crippen LogP contribution in [0.4, 0.5) is 11.5 Å². The highest BCUT2D eigenvalue weighted by atomic mass is 16.5. The SMILES string of the molecule is CCOc1ccc(Nc2ncccc2C(=O)OCC(=O)NCCc2c[nH]c3ccccc23)cc1. The van der Waals surface area contributed by atoms with Gasteiger partial charge in [-0.15, -0.1) is 0 Å². The highest BCUT2D eigenvalue weighted by Crippen LogP contribution is 2.22. The molecule has 0 radical (unpaired) electrons. The lowest BCUT2D eigenvalue weighted by Crippen LogP contribution is -2.30. The van der Waals surface area contributed by atoms with Crippen LogP contribution in [0.25, 0.3) is 10.9 Å². The number of hydrogen-bond donors (Lipinski definition) is 3. The number of pyridine rings is 1. The number of hydrogen-bond acceptors (Lipinski definition) is 6. The molecule has 34 heavy (non-hydrogen) atoms. The van der Waals surface area contributed by atoms with Gasteiger partial charge in [0.05, 0.1) is 6.61 Å². The Kier molecular flexibility index (Phi) is 7.39. The Balaban J connectivity index is 1.28. The van der Waals surface area contributed by atoms with E-state index in [1.807, 2.05) is 61.7 Å². The fourth-order valence-electron chi connectivity index (χ4n) is 3.54. The summed E-state index contributed by atoms with van der Waals surface area (Å²) in [6, 6.07) is 18.6. The van der Waals surface area contributed by atoms with Gasteiger partial charge in [0.25, 0.3) is 5.91 Å². The Morgan fingerprint density at radius 1 is 1.03 bits per heavy atom. The van der Waals surface area contributed by atoms with Crippen LogP contribution in [-0.4, -0.2) is 41.6 Å². The summed E-state index contributed by atoms with van der Waals surface area (Å²) in [5.74, 6) is 0.104. The summed E-state index contributed by atoms with van der Waals surface area (Å²) in [6.45, 7) is 2.57. The molecule has 1 amide bonds. The summed E-state index contributed by atoms with van der Waals surface area (Å²) in [6.07, 6.45) is 4.19. The van der Waals surface area contributed by atoms with E-state index in [0.29, 0.717) is 25.4 Å². The topological polar surface area (TPSA) is 105 Å². The van der Waals surface area contributed by atoms with E-state index in [-0.39, 0.29) is 18.1 Å². The van der Waals surface area contributed by atoms with Crippen LogP contribution >= 0.6 is 0 Å². The zero-order chi connectivity index (χ0) is 23.8. The number of ether oxygens (including phenoxy) is 2. The summed E-state index contributed by atoms with van der Waals surface area (Å²) in [5, 5.41) is 7.02. The number of aromatic amines is 1. The zero-order valence-electron chi connectivity index (χ0n) is 18.8. The maximum Gasteiger partial charge on any atom is 0.342 e. The van der Waals surface area contributed by atoms with Gasteiger partial charge in [-0.3, -0.25) is 4.79 Å². The second-order valence-electron chi connectivity index (χ2n) is 7.52. The number of carbonyl (C=O) groups is 2. The number of rotatable bonds is 10. The first kappa shape index (κ1) is 22.8. The number of esters is 1. The van der Waals surface area contributed by atoms with E-state index in [2.05, 4.69) is 20.6 Å². The van der Waals surface area contributed by atoms with E-state index >= 15 is 0 Å². The highest BCUT2D eigenvalue weighted by molar-refractivity contribution is 5.96.